The quantitative estimate of drug-likeness (QED) is 0.0261. The first-order valence-corrected chi connectivity index (χ1v) is 36.3. The summed E-state index contributed by atoms with van der Waals surface area (Å²) in [6.07, 6.45) is 91.0. The molecule has 0 aliphatic carbocycles. The molecule has 0 aliphatic rings. The lowest BCUT2D eigenvalue weighted by molar-refractivity contribution is -0.167. The number of hydrogen-bond acceptors (Lipinski definition) is 6. The molecule has 0 aromatic rings. The third kappa shape index (κ3) is 67.9. The summed E-state index contributed by atoms with van der Waals surface area (Å²) in [5.41, 5.74) is 0. The topological polar surface area (TPSA) is 78.9 Å². The number of rotatable bonds is 67. The summed E-state index contributed by atoms with van der Waals surface area (Å²) in [5, 5.41) is 0. The van der Waals surface area contributed by atoms with E-state index in [2.05, 4.69) is 81.5 Å². The largest absolute Gasteiger partial charge is 0.462 e. The van der Waals surface area contributed by atoms with Gasteiger partial charge in [0.05, 0.1) is 0 Å². The minimum Gasteiger partial charge on any atom is -0.462 e. The van der Waals surface area contributed by atoms with Crippen molar-refractivity contribution in [2.75, 3.05) is 13.2 Å². The number of allylic oxidation sites excluding steroid dienone is 10. The van der Waals surface area contributed by atoms with Crippen LogP contribution in [0.3, 0.4) is 0 Å². The van der Waals surface area contributed by atoms with Gasteiger partial charge < -0.3 is 14.2 Å². The molecular formula is C76H138O6. The molecule has 82 heavy (non-hydrogen) atoms. The maximum Gasteiger partial charge on any atom is 0.306 e. The van der Waals surface area contributed by atoms with Gasteiger partial charge in [-0.2, -0.15) is 0 Å². The van der Waals surface area contributed by atoms with Gasteiger partial charge in [0.25, 0.3) is 0 Å². The fourth-order valence-corrected chi connectivity index (χ4v) is 10.8. The number of ether oxygens (including phenoxy) is 3. The molecule has 0 spiro atoms. The Morgan fingerprint density at radius 1 is 0.256 bits per heavy atom. The SMILES string of the molecule is CC/C=C\C/C=C\C/C=C\C/C=C\CCCCCCCCCCCCC(=O)OCC(COC(=O)CCCCCCCCCCC/C=C\CCCCCCCC)OC(=O)CCCCCCCCCCCCCCCCCCCCCCCC. The van der Waals surface area contributed by atoms with Gasteiger partial charge in [-0.25, -0.2) is 0 Å². The summed E-state index contributed by atoms with van der Waals surface area (Å²) in [5.74, 6) is -0.850. The molecule has 478 valence electrons. The predicted molar refractivity (Wildman–Crippen MR) is 358 cm³/mol. The van der Waals surface area contributed by atoms with Crippen molar-refractivity contribution >= 4 is 17.9 Å². The molecule has 0 radical (unpaired) electrons. The fourth-order valence-electron chi connectivity index (χ4n) is 10.8. The van der Waals surface area contributed by atoms with E-state index in [9.17, 15) is 14.4 Å². The van der Waals surface area contributed by atoms with Crippen LogP contribution in [-0.2, 0) is 28.6 Å². The highest BCUT2D eigenvalue weighted by atomic mass is 16.6. The Bertz CT molecular complexity index is 1460. The Morgan fingerprint density at radius 3 is 0.756 bits per heavy atom. The van der Waals surface area contributed by atoms with E-state index < -0.39 is 6.10 Å². The Hall–Kier alpha value is -2.89. The van der Waals surface area contributed by atoms with Gasteiger partial charge in [0.2, 0.25) is 0 Å². The molecule has 1 unspecified atom stereocenters. The van der Waals surface area contributed by atoms with Crippen molar-refractivity contribution in [1.82, 2.24) is 0 Å². The molecule has 0 bridgehead atoms. The van der Waals surface area contributed by atoms with E-state index in [4.69, 9.17) is 14.2 Å². The lowest BCUT2D eigenvalue weighted by Gasteiger charge is -2.18. The van der Waals surface area contributed by atoms with Gasteiger partial charge in [0, 0.05) is 19.3 Å². The number of unbranched alkanes of at least 4 members (excludes halogenated alkanes) is 46. The van der Waals surface area contributed by atoms with Crippen LogP contribution in [0.5, 0.6) is 0 Å². The van der Waals surface area contributed by atoms with Crippen LogP contribution >= 0.6 is 0 Å². The summed E-state index contributed by atoms with van der Waals surface area (Å²) in [7, 11) is 0. The lowest BCUT2D eigenvalue weighted by atomic mass is 10.0. The fraction of sp³-hybridized carbons (Fsp3) is 0.829. The Kier molecular flexibility index (Phi) is 68.1. The van der Waals surface area contributed by atoms with E-state index in [1.54, 1.807) is 0 Å². The van der Waals surface area contributed by atoms with Gasteiger partial charge in [-0.1, -0.05) is 345 Å². The number of esters is 3. The van der Waals surface area contributed by atoms with Crippen LogP contribution in [-0.4, -0.2) is 37.2 Å². The van der Waals surface area contributed by atoms with E-state index in [1.807, 2.05) is 0 Å². The summed E-state index contributed by atoms with van der Waals surface area (Å²) >= 11 is 0. The van der Waals surface area contributed by atoms with Crippen molar-refractivity contribution in [2.24, 2.45) is 0 Å². The van der Waals surface area contributed by atoms with Crippen molar-refractivity contribution in [3.05, 3.63) is 60.8 Å². The molecule has 6 nitrogen and oxygen atoms in total. The second-order valence-corrected chi connectivity index (χ2v) is 24.5. The first-order valence-electron chi connectivity index (χ1n) is 36.3. The second-order valence-electron chi connectivity index (χ2n) is 24.5. The maximum absolute atomic E-state index is 13.0. The third-order valence-corrected chi connectivity index (χ3v) is 16.3. The first kappa shape index (κ1) is 79.1. The van der Waals surface area contributed by atoms with Crippen molar-refractivity contribution in [1.29, 1.82) is 0 Å². The van der Waals surface area contributed by atoms with Gasteiger partial charge in [0.15, 0.2) is 6.10 Å². The van der Waals surface area contributed by atoms with Crippen LogP contribution in [0.2, 0.25) is 0 Å². The van der Waals surface area contributed by atoms with Crippen LogP contribution in [0.15, 0.2) is 60.8 Å². The smallest absolute Gasteiger partial charge is 0.306 e. The van der Waals surface area contributed by atoms with Gasteiger partial charge in [-0.05, 0) is 83.5 Å². The summed E-state index contributed by atoms with van der Waals surface area (Å²) in [6.45, 7) is 6.59. The van der Waals surface area contributed by atoms with E-state index in [0.717, 1.165) is 83.5 Å². The minimum absolute atomic E-state index is 0.0720. The zero-order valence-corrected chi connectivity index (χ0v) is 55.0. The molecule has 0 amide bonds. The highest BCUT2D eigenvalue weighted by molar-refractivity contribution is 5.71. The highest BCUT2D eigenvalue weighted by Crippen LogP contribution is 2.18. The van der Waals surface area contributed by atoms with Crippen molar-refractivity contribution in [2.45, 2.75) is 393 Å². The zero-order valence-electron chi connectivity index (χ0n) is 55.0. The van der Waals surface area contributed by atoms with Gasteiger partial charge >= 0.3 is 17.9 Å². The van der Waals surface area contributed by atoms with Crippen LogP contribution in [0.4, 0.5) is 0 Å². The molecule has 0 fully saturated rings. The van der Waals surface area contributed by atoms with Crippen molar-refractivity contribution in [3.63, 3.8) is 0 Å². The first-order chi connectivity index (χ1) is 40.5. The van der Waals surface area contributed by atoms with Crippen molar-refractivity contribution < 1.29 is 28.6 Å². The Morgan fingerprint density at radius 2 is 0.476 bits per heavy atom. The van der Waals surface area contributed by atoms with Crippen molar-refractivity contribution in [3.8, 4) is 0 Å². The van der Waals surface area contributed by atoms with E-state index in [0.29, 0.717) is 19.3 Å². The summed E-state index contributed by atoms with van der Waals surface area (Å²) < 4.78 is 17.0. The normalized spacial score (nSPS) is 12.4. The molecule has 0 aromatic carbocycles. The Labute approximate surface area is 510 Å². The number of hydrogen-bond donors (Lipinski definition) is 0. The monoisotopic (exact) mass is 1150 g/mol. The molecule has 0 N–H and O–H groups in total. The molecular weight excluding hydrogens is 1010 g/mol. The average Bonchev–Trinajstić information content (AvgIpc) is 3.48. The minimum atomic E-state index is -0.777. The molecule has 6 heteroatoms. The highest BCUT2D eigenvalue weighted by Gasteiger charge is 2.19. The standard InChI is InChI=1S/C76H138O6/c1-4-7-10-13-16-19-22-25-28-31-34-36-38-40-42-45-48-51-54-57-60-63-66-69-75(78)81-72-73(71-80-74(77)68-65-62-59-56-53-50-47-44-41-33-30-27-24-21-18-15-12-9-6-3)82-76(79)70-67-64-61-58-55-52-49-46-43-39-37-35-32-29-26-23-20-17-14-11-8-5-2/h7,10,16,19,25,27-28,30,34,36,73H,4-6,8-9,11-15,17-18,20-24,26,29,31-33,35,37-72H2,1-3H3/b10-7-,19-16-,28-25-,30-27-,36-34-. The molecule has 1 atom stereocenters. The summed E-state index contributed by atoms with van der Waals surface area (Å²) in [6, 6.07) is 0. The molecule has 0 aliphatic heterocycles. The second kappa shape index (κ2) is 70.6. The van der Waals surface area contributed by atoms with Gasteiger partial charge in [-0.3, -0.25) is 14.4 Å². The maximum atomic E-state index is 13.0. The van der Waals surface area contributed by atoms with Crippen LogP contribution in [0, 0.1) is 0 Å². The van der Waals surface area contributed by atoms with E-state index >= 15 is 0 Å². The van der Waals surface area contributed by atoms with Crippen LogP contribution in [0.25, 0.3) is 0 Å². The molecule has 0 aromatic heterocycles. The third-order valence-electron chi connectivity index (χ3n) is 16.3. The molecule has 0 heterocycles. The Balaban J connectivity index is 4.33. The van der Waals surface area contributed by atoms with Crippen LogP contribution < -0.4 is 0 Å². The van der Waals surface area contributed by atoms with Crippen LogP contribution in [0.1, 0.15) is 387 Å². The van der Waals surface area contributed by atoms with Gasteiger partial charge in [-0.15, -0.1) is 0 Å². The van der Waals surface area contributed by atoms with Gasteiger partial charge in [0.1, 0.15) is 13.2 Å². The summed E-state index contributed by atoms with van der Waals surface area (Å²) in [4.78, 5) is 38.5. The average molecular weight is 1150 g/mol. The van der Waals surface area contributed by atoms with E-state index in [1.165, 1.54) is 263 Å². The molecule has 0 saturated carbocycles. The van der Waals surface area contributed by atoms with E-state index in [-0.39, 0.29) is 31.1 Å². The predicted octanol–water partition coefficient (Wildman–Crippen LogP) is 25.1. The zero-order chi connectivity index (χ0) is 59.2. The lowest BCUT2D eigenvalue weighted by Crippen LogP contribution is -2.30. The molecule has 0 rings (SSSR count). The molecule has 0 saturated heterocycles. The number of carbonyl (C=O) groups excluding carboxylic acids is 3. The number of carbonyl (C=O) groups is 3.